The van der Waals surface area contributed by atoms with Gasteiger partial charge in [-0.2, -0.15) is 0 Å². The van der Waals surface area contributed by atoms with Gasteiger partial charge in [0.2, 0.25) is 0 Å². The molecular weight excluding hydrogens is 264 g/mol. The second-order valence-corrected chi connectivity index (χ2v) is 4.75. The number of ether oxygens (including phenoxy) is 2. The van der Waals surface area contributed by atoms with Crippen molar-refractivity contribution in [2.45, 2.75) is 13.8 Å². The lowest BCUT2D eigenvalue weighted by molar-refractivity contribution is -0.128. The lowest BCUT2D eigenvalue weighted by atomic mass is 9.99. The van der Waals surface area contributed by atoms with Crippen molar-refractivity contribution in [1.82, 2.24) is 0 Å². The minimum atomic E-state index is -0.457. The average Bonchev–Trinajstić information content (AvgIpc) is 2.49. The highest BCUT2D eigenvalue weighted by Crippen LogP contribution is 2.27. The number of carbonyl (C=O) groups is 1. The minimum Gasteiger partial charge on any atom is -0.501 e. The zero-order valence-corrected chi connectivity index (χ0v) is 12.5. The van der Waals surface area contributed by atoms with E-state index >= 15 is 0 Å². The van der Waals surface area contributed by atoms with Gasteiger partial charge in [-0.3, -0.25) is 0 Å². The van der Waals surface area contributed by atoms with Crippen molar-refractivity contribution in [2.24, 2.45) is 0 Å². The molecule has 0 radical (unpaired) electrons. The number of benzene rings is 2. The van der Waals surface area contributed by atoms with Crippen molar-refractivity contribution in [3.05, 3.63) is 59.9 Å². The van der Waals surface area contributed by atoms with Crippen LogP contribution < -0.4 is 4.74 Å². The third-order valence-corrected chi connectivity index (χ3v) is 3.37. The van der Waals surface area contributed by atoms with E-state index in [9.17, 15) is 4.79 Å². The molecule has 0 aliphatic carbocycles. The largest absolute Gasteiger partial charge is 0.501 e. The Balaban J connectivity index is 2.45. The first-order chi connectivity index (χ1) is 10.0. The van der Waals surface area contributed by atoms with Crippen LogP contribution in [0.2, 0.25) is 0 Å². The van der Waals surface area contributed by atoms with E-state index in [2.05, 4.69) is 13.5 Å². The molecule has 0 spiro atoms. The third-order valence-electron chi connectivity index (χ3n) is 3.37. The van der Waals surface area contributed by atoms with Gasteiger partial charge in [0.15, 0.2) is 0 Å². The molecule has 0 bridgehead atoms. The van der Waals surface area contributed by atoms with Gasteiger partial charge in [-0.25, -0.2) is 4.79 Å². The maximum Gasteiger partial charge on any atom is 0.335 e. The van der Waals surface area contributed by atoms with Gasteiger partial charge in [0, 0.05) is 6.08 Å². The van der Waals surface area contributed by atoms with Gasteiger partial charge in [0.1, 0.15) is 5.75 Å². The fourth-order valence-corrected chi connectivity index (χ4v) is 2.14. The number of allylic oxidation sites excluding steroid dienone is 1. The molecule has 2 aromatic rings. The lowest BCUT2D eigenvalue weighted by Crippen LogP contribution is -2.02. The molecule has 0 aliphatic heterocycles. The Morgan fingerprint density at radius 2 is 2.00 bits per heavy atom. The van der Waals surface area contributed by atoms with Gasteiger partial charge >= 0.3 is 5.97 Å². The van der Waals surface area contributed by atoms with Crippen LogP contribution in [-0.2, 0) is 9.53 Å². The van der Waals surface area contributed by atoms with Crippen LogP contribution in [0.1, 0.15) is 18.1 Å². The summed E-state index contributed by atoms with van der Waals surface area (Å²) in [6.07, 6.45) is 3.15. The Labute approximate surface area is 124 Å². The van der Waals surface area contributed by atoms with Crippen LogP contribution in [0.4, 0.5) is 0 Å². The van der Waals surface area contributed by atoms with E-state index in [1.54, 1.807) is 13.2 Å². The van der Waals surface area contributed by atoms with Crippen LogP contribution in [0, 0.1) is 6.92 Å². The molecule has 2 rings (SSSR count). The zero-order chi connectivity index (χ0) is 15.4. The highest BCUT2D eigenvalue weighted by atomic mass is 16.5. The first kappa shape index (κ1) is 14.9. The highest BCUT2D eigenvalue weighted by molar-refractivity contribution is 5.91. The van der Waals surface area contributed by atoms with Crippen LogP contribution in [0.5, 0.6) is 5.75 Å². The number of methoxy groups -OCH3 is 1. The summed E-state index contributed by atoms with van der Waals surface area (Å²) in [5, 5.41) is 2.14. The zero-order valence-electron chi connectivity index (χ0n) is 12.5. The molecule has 3 nitrogen and oxygen atoms in total. The van der Waals surface area contributed by atoms with Crippen LogP contribution in [0.15, 0.2) is 48.7 Å². The number of hydrogen-bond acceptors (Lipinski definition) is 3. The van der Waals surface area contributed by atoms with E-state index in [-0.39, 0.29) is 0 Å². The lowest BCUT2D eigenvalue weighted by Gasteiger charge is -2.09. The molecule has 0 unspecified atom stereocenters. The van der Waals surface area contributed by atoms with Crippen LogP contribution >= 0.6 is 0 Å². The molecule has 21 heavy (non-hydrogen) atoms. The van der Waals surface area contributed by atoms with Gasteiger partial charge in [-0.15, -0.1) is 0 Å². The van der Waals surface area contributed by atoms with Crippen molar-refractivity contribution >= 4 is 22.8 Å². The fourth-order valence-electron chi connectivity index (χ4n) is 2.14. The van der Waals surface area contributed by atoms with Crippen LogP contribution in [0.3, 0.4) is 0 Å². The van der Waals surface area contributed by atoms with Crippen molar-refractivity contribution in [3.63, 3.8) is 0 Å². The maximum absolute atomic E-state index is 11.2. The number of hydrogen-bond donors (Lipinski definition) is 0. The molecule has 108 valence electrons. The van der Waals surface area contributed by atoms with Gasteiger partial charge < -0.3 is 9.47 Å². The van der Waals surface area contributed by atoms with Crippen molar-refractivity contribution in [3.8, 4) is 5.75 Å². The van der Waals surface area contributed by atoms with Crippen LogP contribution in [-0.4, -0.2) is 13.1 Å². The number of esters is 1. The summed E-state index contributed by atoms with van der Waals surface area (Å²) in [5.74, 6) is 0.915. The van der Waals surface area contributed by atoms with Crippen LogP contribution in [0.25, 0.3) is 16.8 Å². The van der Waals surface area contributed by atoms with Gasteiger partial charge in [0.05, 0.1) is 12.9 Å². The number of aryl methyl sites for hydroxylation is 1. The molecule has 0 aliphatic rings. The Morgan fingerprint density at radius 1 is 1.24 bits per heavy atom. The molecule has 0 heterocycles. The van der Waals surface area contributed by atoms with E-state index in [0.29, 0.717) is 5.75 Å². The molecule has 0 atom stereocenters. The number of fused-ring (bicyclic) bond motifs is 1. The summed E-state index contributed by atoms with van der Waals surface area (Å²) in [5.41, 5.74) is 2.27. The number of carbonyl (C=O) groups excluding carboxylic acids is 1. The summed E-state index contributed by atoms with van der Waals surface area (Å²) < 4.78 is 10.3. The maximum atomic E-state index is 11.2. The van der Waals surface area contributed by atoms with E-state index in [1.165, 1.54) is 0 Å². The van der Waals surface area contributed by atoms with Crippen molar-refractivity contribution < 1.29 is 14.3 Å². The van der Waals surface area contributed by atoms with Gasteiger partial charge in [-0.05, 0) is 54.0 Å². The van der Waals surface area contributed by atoms with E-state index in [1.807, 2.05) is 37.3 Å². The molecule has 2 aromatic carbocycles. The Bertz CT molecular complexity index is 727. The van der Waals surface area contributed by atoms with Gasteiger partial charge in [0.25, 0.3) is 0 Å². The molecule has 0 fully saturated rings. The van der Waals surface area contributed by atoms with E-state index in [4.69, 9.17) is 9.47 Å². The van der Waals surface area contributed by atoms with E-state index in [0.717, 1.165) is 33.7 Å². The first-order valence-corrected chi connectivity index (χ1v) is 6.65. The SMILES string of the molecule is C=CC(=O)Oc1ccc2c(C)c(/C=C(\C)OC)ccc2c1. The summed E-state index contributed by atoms with van der Waals surface area (Å²) in [6, 6.07) is 9.62. The first-order valence-electron chi connectivity index (χ1n) is 6.65. The predicted octanol–water partition coefficient (Wildman–Crippen LogP) is 4.25. The summed E-state index contributed by atoms with van der Waals surface area (Å²) >= 11 is 0. The highest BCUT2D eigenvalue weighted by Gasteiger charge is 2.06. The minimum absolute atomic E-state index is 0.457. The molecule has 0 saturated heterocycles. The Hall–Kier alpha value is -2.55. The monoisotopic (exact) mass is 282 g/mol. The topological polar surface area (TPSA) is 35.5 Å². The van der Waals surface area contributed by atoms with Gasteiger partial charge in [-0.1, -0.05) is 24.8 Å². The fraction of sp³-hybridized carbons (Fsp3) is 0.167. The smallest absolute Gasteiger partial charge is 0.335 e. The normalized spacial score (nSPS) is 11.3. The van der Waals surface area contributed by atoms with Crippen molar-refractivity contribution in [2.75, 3.05) is 7.11 Å². The molecule has 3 heteroatoms. The predicted molar refractivity (Wildman–Crippen MR) is 85.2 cm³/mol. The Kier molecular flexibility index (Phi) is 4.43. The Morgan fingerprint density at radius 3 is 2.67 bits per heavy atom. The quantitative estimate of drug-likeness (QED) is 0.364. The van der Waals surface area contributed by atoms with E-state index < -0.39 is 5.97 Å². The molecule has 0 N–H and O–H groups in total. The molecule has 0 amide bonds. The standard InChI is InChI=1S/C18H18O3/c1-5-18(19)21-16-8-9-17-13(3)14(10-12(2)20-4)6-7-15(17)11-16/h5-11H,1H2,2-4H3/b12-10+. The molecular formula is C18H18O3. The molecule has 0 aromatic heterocycles. The third kappa shape index (κ3) is 3.31. The summed E-state index contributed by atoms with van der Waals surface area (Å²) in [4.78, 5) is 11.2. The average molecular weight is 282 g/mol. The second kappa shape index (κ2) is 6.27. The summed E-state index contributed by atoms with van der Waals surface area (Å²) in [7, 11) is 1.66. The number of rotatable bonds is 4. The summed E-state index contributed by atoms with van der Waals surface area (Å²) in [6.45, 7) is 7.37. The molecule has 0 saturated carbocycles. The second-order valence-electron chi connectivity index (χ2n) is 4.75. The van der Waals surface area contributed by atoms with Crippen molar-refractivity contribution in [1.29, 1.82) is 0 Å².